The van der Waals surface area contributed by atoms with Crippen molar-refractivity contribution in [1.29, 1.82) is 5.41 Å². The minimum Gasteiger partial charge on any atom is -0.384 e. The Balaban J connectivity index is 1.75. The third-order valence-corrected chi connectivity index (χ3v) is 8.86. The van der Waals surface area contributed by atoms with Gasteiger partial charge in [0.2, 0.25) is 10.0 Å². The first-order valence-electron chi connectivity index (χ1n) is 11.7. The van der Waals surface area contributed by atoms with Gasteiger partial charge in [-0.15, -0.1) is 0 Å². The van der Waals surface area contributed by atoms with Crippen LogP contribution >= 0.6 is 0 Å². The third-order valence-electron chi connectivity index (χ3n) is 6.58. The summed E-state index contributed by atoms with van der Waals surface area (Å²) >= 11 is 0. The van der Waals surface area contributed by atoms with Crippen molar-refractivity contribution in [3.63, 3.8) is 0 Å². The van der Waals surface area contributed by atoms with E-state index in [4.69, 9.17) is 11.1 Å². The van der Waals surface area contributed by atoms with E-state index in [0.717, 1.165) is 31.4 Å². The number of nitrogens with zero attached hydrogens (tertiary/aromatic N) is 2. The summed E-state index contributed by atoms with van der Waals surface area (Å²) in [7, 11) is -3.27. The van der Waals surface area contributed by atoms with Gasteiger partial charge in [-0.05, 0) is 51.7 Å². The van der Waals surface area contributed by atoms with Crippen LogP contribution in [-0.2, 0) is 10.0 Å². The van der Waals surface area contributed by atoms with Gasteiger partial charge in [0.1, 0.15) is 5.84 Å². The summed E-state index contributed by atoms with van der Waals surface area (Å²) in [6, 6.07) is 7.20. The largest absolute Gasteiger partial charge is 0.384 e. The second-order valence-corrected chi connectivity index (χ2v) is 11.7. The van der Waals surface area contributed by atoms with Gasteiger partial charge in [0, 0.05) is 36.4 Å². The fourth-order valence-corrected chi connectivity index (χ4v) is 5.95. The summed E-state index contributed by atoms with van der Waals surface area (Å²) in [5, 5.41) is 10.5. The highest BCUT2D eigenvalue weighted by molar-refractivity contribution is 7.89. The molecule has 2 aliphatic rings. The van der Waals surface area contributed by atoms with Crippen LogP contribution in [0.5, 0.6) is 0 Å². The number of nitrogens with two attached hydrogens (primary N) is 1. The number of hydrogen-bond donors (Lipinski definition) is 3. The number of nitrogen functional groups attached to an aromatic ring is 1. The summed E-state index contributed by atoms with van der Waals surface area (Å²) in [5.74, 6) is -0.0215. The van der Waals surface area contributed by atoms with Gasteiger partial charge >= 0.3 is 6.03 Å². The molecule has 2 fully saturated rings. The van der Waals surface area contributed by atoms with Crippen LogP contribution in [0.1, 0.15) is 70.8 Å². The number of amidine groups is 1. The van der Waals surface area contributed by atoms with Crippen LogP contribution in [0, 0.1) is 5.41 Å². The molecule has 1 saturated carbocycles. The number of hydrogen-bond acceptors (Lipinski definition) is 4. The Morgan fingerprint density at radius 2 is 1.75 bits per heavy atom. The molecular formula is C23H37N5O3S. The molecule has 0 spiro atoms. The number of sulfonamides is 1. The van der Waals surface area contributed by atoms with E-state index in [0.29, 0.717) is 31.5 Å². The highest BCUT2D eigenvalue weighted by Crippen LogP contribution is 2.28. The molecule has 0 aromatic heterocycles. The summed E-state index contributed by atoms with van der Waals surface area (Å²) in [6.07, 6.45) is 7.64. The van der Waals surface area contributed by atoms with Crippen LogP contribution in [0.15, 0.2) is 24.3 Å². The van der Waals surface area contributed by atoms with Gasteiger partial charge in [-0.3, -0.25) is 10.3 Å². The fourth-order valence-electron chi connectivity index (χ4n) is 4.63. The quantitative estimate of drug-likeness (QED) is 0.340. The van der Waals surface area contributed by atoms with Crippen molar-refractivity contribution in [2.45, 2.75) is 82.5 Å². The highest BCUT2D eigenvalue weighted by atomic mass is 32.2. The van der Waals surface area contributed by atoms with Crippen LogP contribution in [0.3, 0.4) is 0 Å². The molecule has 2 amide bonds. The van der Waals surface area contributed by atoms with E-state index in [1.807, 2.05) is 23.1 Å². The van der Waals surface area contributed by atoms with E-state index in [9.17, 15) is 13.2 Å². The maximum absolute atomic E-state index is 13.5. The molecule has 4 N–H and O–H groups in total. The maximum Gasteiger partial charge on any atom is 0.322 e. The Labute approximate surface area is 192 Å². The number of piperidine rings is 1. The molecule has 32 heavy (non-hydrogen) atoms. The van der Waals surface area contributed by atoms with Crippen molar-refractivity contribution < 1.29 is 13.2 Å². The molecule has 0 atom stereocenters. The molecule has 178 valence electrons. The Bertz CT molecular complexity index is 902. The van der Waals surface area contributed by atoms with E-state index in [2.05, 4.69) is 5.32 Å². The zero-order valence-electron chi connectivity index (χ0n) is 19.2. The molecule has 9 heteroatoms. The normalized spacial score (nSPS) is 19.5. The molecule has 1 aromatic rings. The van der Waals surface area contributed by atoms with E-state index >= 15 is 0 Å². The van der Waals surface area contributed by atoms with Gasteiger partial charge in [-0.2, -0.15) is 0 Å². The van der Waals surface area contributed by atoms with Gasteiger partial charge < -0.3 is 11.1 Å². The van der Waals surface area contributed by atoms with Gasteiger partial charge in [0.15, 0.2) is 0 Å². The second-order valence-electron chi connectivity index (χ2n) is 9.20. The van der Waals surface area contributed by atoms with Crippen LogP contribution < -0.4 is 16.0 Å². The number of rotatable bonds is 6. The highest BCUT2D eigenvalue weighted by Gasteiger charge is 2.33. The van der Waals surface area contributed by atoms with Crippen molar-refractivity contribution in [3.8, 4) is 0 Å². The number of carbonyl (C=O) groups is 1. The van der Waals surface area contributed by atoms with Crippen LogP contribution in [0.25, 0.3) is 0 Å². The van der Waals surface area contributed by atoms with Gasteiger partial charge in [-0.1, -0.05) is 37.8 Å². The predicted molar refractivity (Wildman–Crippen MR) is 129 cm³/mol. The lowest BCUT2D eigenvalue weighted by Gasteiger charge is -2.36. The third kappa shape index (κ3) is 5.81. The Morgan fingerprint density at radius 1 is 1.12 bits per heavy atom. The first kappa shape index (κ1) is 24.5. The SMILES string of the molecule is CC(C)S(=O)(=O)N1CCC(NC(=O)N(c2cccc(C(=N)N)c2)C2CCCCCC2)CC1. The van der Waals surface area contributed by atoms with Crippen LogP contribution in [0.2, 0.25) is 0 Å². The molecular weight excluding hydrogens is 426 g/mol. The molecule has 1 aliphatic heterocycles. The van der Waals surface area contributed by atoms with E-state index in [1.165, 1.54) is 12.8 Å². The number of carbonyl (C=O) groups excluding carboxylic acids is 1. The predicted octanol–water partition coefficient (Wildman–Crippen LogP) is 3.41. The summed E-state index contributed by atoms with van der Waals surface area (Å²) in [6.45, 7) is 4.25. The Kier molecular flexibility index (Phi) is 8.16. The smallest absolute Gasteiger partial charge is 0.322 e. The van der Waals surface area contributed by atoms with E-state index in [1.54, 1.807) is 24.2 Å². The number of nitrogens with one attached hydrogen (secondary N) is 2. The summed E-state index contributed by atoms with van der Waals surface area (Å²) < 4.78 is 26.4. The van der Waals surface area contributed by atoms with Gasteiger partial charge in [0.25, 0.3) is 0 Å². The summed E-state index contributed by atoms with van der Waals surface area (Å²) in [4.78, 5) is 15.3. The van der Waals surface area contributed by atoms with Gasteiger partial charge in [0.05, 0.1) is 5.25 Å². The molecule has 8 nitrogen and oxygen atoms in total. The van der Waals surface area contributed by atoms with Crippen molar-refractivity contribution in [2.75, 3.05) is 18.0 Å². The zero-order valence-corrected chi connectivity index (χ0v) is 20.0. The minimum atomic E-state index is -3.27. The first-order valence-corrected chi connectivity index (χ1v) is 13.2. The minimum absolute atomic E-state index is 0.0215. The maximum atomic E-state index is 13.5. The Hall–Kier alpha value is -2.13. The molecule has 3 rings (SSSR count). The van der Waals surface area contributed by atoms with Crippen LogP contribution in [-0.4, -0.2) is 55.0 Å². The molecule has 0 radical (unpaired) electrons. The lowest BCUT2D eigenvalue weighted by Crippen LogP contribution is -2.53. The number of anilines is 1. The molecule has 1 aromatic carbocycles. The standard InChI is InChI=1S/C23H37N5O3S/c1-17(2)32(30,31)27-14-12-19(13-15-27)26-23(29)28(20-9-5-3-4-6-10-20)21-11-7-8-18(16-21)22(24)25/h7-8,11,16-17,19-20H,3-6,9-10,12-15H2,1-2H3,(H3,24,25)(H,26,29). The molecule has 0 unspecified atom stereocenters. The Morgan fingerprint density at radius 3 is 2.31 bits per heavy atom. The monoisotopic (exact) mass is 463 g/mol. The van der Waals surface area contributed by atoms with Crippen molar-refractivity contribution >= 4 is 27.6 Å². The second kappa shape index (κ2) is 10.7. The average molecular weight is 464 g/mol. The fraction of sp³-hybridized carbons (Fsp3) is 0.652. The first-order chi connectivity index (χ1) is 15.2. The summed E-state index contributed by atoms with van der Waals surface area (Å²) in [5.41, 5.74) is 7.04. The lowest BCUT2D eigenvalue weighted by atomic mass is 10.0. The zero-order chi connectivity index (χ0) is 23.3. The number of amides is 2. The number of urea groups is 1. The van der Waals surface area contributed by atoms with Crippen molar-refractivity contribution in [2.24, 2.45) is 5.73 Å². The van der Waals surface area contributed by atoms with Crippen LogP contribution in [0.4, 0.5) is 10.5 Å². The molecule has 1 aliphatic carbocycles. The van der Waals surface area contributed by atoms with Gasteiger partial charge in [-0.25, -0.2) is 17.5 Å². The van der Waals surface area contributed by atoms with Crippen molar-refractivity contribution in [1.82, 2.24) is 9.62 Å². The van der Waals surface area contributed by atoms with E-state index < -0.39 is 15.3 Å². The lowest BCUT2D eigenvalue weighted by molar-refractivity contribution is 0.229. The average Bonchev–Trinajstić information content (AvgIpc) is 3.04. The molecule has 1 saturated heterocycles. The molecule has 1 heterocycles. The van der Waals surface area contributed by atoms with E-state index in [-0.39, 0.29) is 24.0 Å². The van der Waals surface area contributed by atoms with Crippen molar-refractivity contribution in [3.05, 3.63) is 29.8 Å². The topological polar surface area (TPSA) is 120 Å². The molecule has 0 bridgehead atoms. The number of benzene rings is 1.